The summed E-state index contributed by atoms with van der Waals surface area (Å²) in [7, 11) is -3.78. The van der Waals surface area contributed by atoms with Crippen molar-refractivity contribution in [2.24, 2.45) is 0 Å². The molecule has 0 aromatic heterocycles. The van der Waals surface area contributed by atoms with Gasteiger partial charge in [-0.3, -0.25) is 9.52 Å². The van der Waals surface area contributed by atoms with Crippen LogP contribution in [0.4, 0.5) is 5.69 Å². The van der Waals surface area contributed by atoms with Gasteiger partial charge in [-0.25, -0.2) is 8.42 Å². The van der Waals surface area contributed by atoms with Crippen LogP contribution in [0.1, 0.15) is 17.3 Å². The zero-order valence-electron chi connectivity index (χ0n) is 14.0. The third-order valence-electron chi connectivity index (χ3n) is 3.64. The van der Waals surface area contributed by atoms with Crippen molar-refractivity contribution < 1.29 is 17.9 Å². The fourth-order valence-electron chi connectivity index (χ4n) is 2.31. The molecule has 0 bridgehead atoms. The lowest BCUT2D eigenvalue weighted by Gasteiger charge is -2.10. The summed E-state index contributed by atoms with van der Waals surface area (Å²) in [5.74, 6) is 1.10. The summed E-state index contributed by atoms with van der Waals surface area (Å²) < 4.78 is 33.2. The Labute approximate surface area is 152 Å². The molecular weight excluding hydrogens is 350 g/mol. The lowest BCUT2D eigenvalue weighted by Crippen LogP contribution is -2.13. The van der Waals surface area contributed by atoms with Gasteiger partial charge in [-0.2, -0.15) is 0 Å². The van der Waals surface area contributed by atoms with E-state index in [1.54, 1.807) is 36.4 Å². The lowest BCUT2D eigenvalue weighted by atomic mass is 10.2. The molecule has 0 heterocycles. The van der Waals surface area contributed by atoms with Crippen LogP contribution >= 0.6 is 0 Å². The Kier molecular flexibility index (Phi) is 5.04. The number of hydrogen-bond acceptors (Lipinski definition) is 4. The third-order valence-corrected chi connectivity index (χ3v) is 5.02. The van der Waals surface area contributed by atoms with Gasteiger partial charge in [0.25, 0.3) is 10.0 Å². The van der Waals surface area contributed by atoms with Gasteiger partial charge in [0.15, 0.2) is 5.78 Å². The summed E-state index contributed by atoms with van der Waals surface area (Å²) in [4.78, 5) is 11.5. The highest BCUT2D eigenvalue weighted by molar-refractivity contribution is 7.92. The van der Waals surface area contributed by atoms with Crippen LogP contribution in [0.3, 0.4) is 0 Å². The van der Waals surface area contributed by atoms with Crippen molar-refractivity contribution in [3.8, 4) is 11.5 Å². The van der Waals surface area contributed by atoms with E-state index >= 15 is 0 Å². The topological polar surface area (TPSA) is 72.5 Å². The third kappa shape index (κ3) is 4.29. The van der Waals surface area contributed by atoms with Crippen LogP contribution < -0.4 is 9.46 Å². The summed E-state index contributed by atoms with van der Waals surface area (Å²) in [6.07, 6.45) is 0. The molecular formula is C20H17NO4S. The maximum absolute atomic E-state index is 12.5. The number of hydrogen-bond donors (Lipinski definition) is 1. The van der Waals surface area contributed by atoms with E-state index in [2.05, 4.69) is 4.72 Å². The van der Waals surface area contributed by atoms with Crippen LogP contribution in [0.5, 0.6) is 11.5 Å². The number of ether oxygens (including phenoxy) is 1. The Morgan fingerprint density at radius 3 is 2.15 bits per heavy atom. The number of rotatable bonds is 6. The van der Waals surface area contributed by atoms with Gasteiger partial charge in [0, 0.05) is 11.3 Å². The van der Waals surface area contributed by atoms with Crippen molar-refractivity contribution in [3.05, 3.63) is 84.4 Å². The minimum Gasteiger partial charge on any atom is -0.457 e. The molecule has 0 aliphatic heterocycles. The summed E-state index contributed by atoms with van der Waals surface area (Å²) in [5, 5.41) is 0. The molecule has 0 fully saturated rings. The van der Waals surface area contributed by atoms with Crippen molar-refractivity contribution in [2.45, 2.75) is 11.8 Å². The van der Waals surface area contributed by atoms with Crippen molar-refractivity contribution in [1.82, 2.24) is 0 Å². The number of para-hydroxylation sites is 1. The molecule has 0 radical (unpaired) electrons. The molecule has 0 aliphatic rings. The van der Waals surface area contributed by atoms with Gasteiger partial charge in [-0.05, 0) is 55.5 Å². The van der Waals surface area contributed by atoms with Crippen molar-refractivity contribution in [3.63, 3.8) is 0 Å². The first-order valence-electron chi connectivity index (χ1n) is 7.91. The van der Waals surface area contributed by atoms with Gasteiger partial charge in [0.1, 0.15) is 11.5 Å². The second-order valence-corrected chi connectivity index (χ2v) is 7.31. The highest BCUT2D eigenvalue weighted by atomic mass is 32.2. The molecule has 0 unspecified atom stereocenters. The van der Waals surface area contributed by atoms with Crippen molar-refractivity contribution >= 4 is 21.5 Å². The second kappa shape index (κ2) is 7.41. The predicted octanol–water partition coefficient (Wildman–Crippen LogP) is 4.48. The molecule has 0 saturated carbocycles. The zero-order chi connectivity index (χ0) is 18.6. The minimum atomic E-state index is -3.78. The number of anilines is 1. The number of sulfonamides is 1. The Morgan fingerprint density at radius 1 is 0.846 bits per heavy atom. The van der Waals surface area contributed by atoms with Crippen LogP contribution in [-0.2, 0) is 10.0 Å². The Balaban J connectivity index is 1.76. The molecule has 3 aromatic rings. The first-order valence-corrected chi connectivity index (χ1v) is 9.39. The number of carbonyl (C=O) groups excluding carboxylic acids is 1. The molecule has 3 aromatic carbocycles. The maximum atomic E-state index is 12.5. The van der Waals surface area contributed by atoms with E-state index in [9.17, 15) is 13.2 Å². The summed E-state index contributed by atoms with van der Waals surface area (Å²) in [5.41, 5.74) is 0.748. The van der Waals surface area contributed by atoms with E-state index < -0.39 is 10.0 Å². The predicted molar refractivity (Wildman–Crippen MR) is 100 cm³/mol. The van der Waals surface area contributed by atoms with Crippen molar-refractivity contribution in [2.75, 3.05) is 4.72 Å². The Bertz CT molecular complexity index is 1010. The van der Waals surface area contributed by atoms with Crippen molar-refractivity contribution in [1.29, 1.82) is 0 Å². The SMILES string of the molecule is CC(=O)c1cccc(S(=O)(=O)Nc2ccc(Oc3ccccc3)cc2)c1. The Hall–Kier alpha value is -3.12. The first-order chi connectivity index (χ1) is 12.4. The number of ketones is 1. The minimum absolute atomic E-state index is 0.0369. The highest BCUT2D eigenvalue weighted by Gasteiger charge is 2.15. The number of Topliss-reactive ketones (excluding diaryl/α,β-unsaturated/α-hetero) is 1. The molecule has 3 rings (SSSR count). The van der Waals surface area contributed by atoms with Crippen LogP contribution in [0.25, 0.3) is 0 Å². The normalized spacial score (nSPS) is 11.0. The van der Waals surface area contributed by atoms with E-state index in [1.165, 1.54) is 19.1 Å². The van der Waals surface area contributed by atoms with Gasteiger partial charge in [-0.1, -0.05) is 30.3 Å². The average molecular weight is 367 g/mol. The molecule has 0 aliphatic carbocycles. The van der Waals surface area contributed by atoms with E-state index in [0.717, 1.165) is 0 Å². The van der Waals surface area contributed by atoms with Gasteiger partial charge in [0.2, 0.25) is 0 Å². The highest BCUT2D eigenvalue weighted by Crippen LogP contribution is 2.24. The molecule has 26 heavy (non-hydrogen) atoms. The van der Waals surface area contributed by atoms with Gasteiger partial charge in [0.05, 0.1) is 4.90 Å². The fraction of sp³-hybridized carbons (Fsp3) is 0.0500. The van der Waals surface area contributed by atoms with E-state index in [4.69, 9.17) is 4.74 Å². The number of carbonyl (C=O) groups is 1. The van der Waals surface area contributed by atoms with Crippen LogP contribution in [0.2, 0.25) is 0 Å². The van der Waals surface area contributed by atoms with Gasteiger partial charge >= 0.3 is 0 Å². The molecule has 0 saturated heterocycles. The van der Waals surface area contributed by atoms with Crippen LogP contribution in [-0.4, -0.2) is 14.2 Å². The van der Waals surface area contributed by atoms with Gasteiger partial charge < -0.3 is 4.74 Å². The first kappa shape index (κ1) is 17.7. The average Bonchev–Trinajstić information content (AvgIpc) is 2.64. The largest absolute Gasteiger partial charge is 0.457 e. The molecule has 6 heteroatoms. The summed E-state index contributed by atoms with van der Waals surface area (Å²) in [6.45, 7) is 1.39. The standard InChI is InChI=1S/C20H17NO4S/c1-15(22)16-6-5-9-20(14-16)26(23,24)21-17-10-12-19(13-11-17)25-18-7-3-2-4-8-18/h2-14,21H,1H3. The van der Waals surface area contributed by atoms with E-state index in [0.29, 0.717) is 22.7 Å². The Morgan fingerprint density at radius 2 is 1.50 bits per heavy atom. The monoisotopic (exact) mass is 367 g/mol. The maximum Gasteiger partial charge on any atom is 0.261 e. The second-order valence-electron chi connectivity index (χ2n) is 5.63. The molecule has 0 atom stereocenters. The lowest BCUT2D eigenvalue weighted by molar-refractivity contribution is 0.101. The summed E-state index contributed by atoms with van der Waals surface area (Å²) >= 11 is 0. The molecule has 1 N–H and O–H groups in total. The molecule has 5 nitrogen and oxygen atoms in total. The molecule has 0 spiro atoms. The quantitative estimate of drug-likeness (QED) is 0.652. The van der Waals surface area contributed by atoms with Crippen LogP contribution in [0, 0.1) is 0 Å². The van der Waals surface area contributed by atoms with Crippen LogP contribution in [0.15, 0.2) is 83.8 Å². The van der Waals surface area contributed by atoms with E-state index in [-0.39, 0.29) is 10.7 Å². The van der Waals surface area contributed by atoms with Gasteiger partial charge in [-0.15, -0.1) is 0 Å². The zero-order valence-corrected chi connectivity index (χ0v) is 14.9. The molecule has 0 amide bonds. The summed E-state index contributed by atoms with van der Waals surface area (Å²) in [6, 6.07) is 21.8. The number of benzene rings is 3. The molecule has 132 valence electrons. The smallest absolute Gasteiger partial charge is 0.261 e. The van der Waals surface area contributed by atoms with E-state index in [1.807, 2.05) is 30.3 Å². The number of nitrogens with one attached hydrogen (secondary N) is 1. The fourth-order valence-corrected chi connectivity index (χ4v) is 3.42.